The van der Waals surface area contributed by atoms with Gasteiger partial charge in [0.25, 0.3) is 5.56 Å². The van der Waals surface area contributed by atoms with Crippen LogP contribution in [0.2, 0.25) is 5.02 Å². The normalized spacial score (nSPS) is 17.2. The third-order valence-electron chi connectivity index (χ3n) is 4.87. The molecule has 8 heteroatoms. The van der Waals surface area contributed by atoms with Crippen LogP contribution in [-0.2, 0) is 9.53 Å². The summed E-state index contributed by atoms with van der Waals surface area (Å²) in [6, 6.07) is 8.87. The van der Waals surface area contributed by atoms with Gasteiger partial charge < -0.3 is 9.64 Å². The molecule has 1 aromatic carbocycles. The van der Waals surface area contributed by atoms with Crippen molar-refractivity contribution in [3.63, 3.8) is 0 Å². The van der Waals surface area contributed by atoms with Gasteiger partial charge >= 0.3 is 0 Å². The van der Waals surface area contributed by atoms with Gasteiger partial charge in [0.2, 0.25) is 5.91 Å². The first-order valence-electron chi connectivity index (χ1n) is 8.70. The lowest BCUT2D eigenvalue weighted by molar-refractivity contribution is -0.128. The van der Waals surface area contributed by atoms with Gasteiger partial charge in [-0.05, 0) is 17.7 Å². The van der Waals surface area contributed by atoms with Crippen molar-refractivity contribution in [2.45, 2.75) is 12.3 Å². The Morgan fingerprint density at radius 1 is 1.30 bits per heavy atom. The summed E-state index contributed by atoms with van der Waals surface area (Å²) in [5.41, 5.74) is 2.71. The molecule has 0 aliphatic carbocycles. The SMILES string of the molecule is COCCN1CC(c2cc(=O)n3[nH]cc(-c4ccc(Cl)cc4)c3n2)CC1=O. The van der Waals surface area contributed by atoms with E-state index in [1.807, 2.05) is 12.1 Å². The lowest BCUT2D eigenvalue weighted by atomic mass is 10.0. The van der Waals surface area contributed by atoms with Gasteiger partial charge in [0.05, 0.1) is 12.3 Å². The first kappa shape index (κ1) is 17.8. The Bertz CT molecular complexity index is 1040. The number of nitrogens with zero attached hydrogens (tertiary/aromatic N) is 3. The Kier molecular flexibility index (Phi) is 4.72. The van der Waals surface area contributed by atoms with Crippen molar-refractivity contribution in [1.29, 1.82) is 0 Å². The van der Waals surface area contributed by atoms with E-state index >= 15 is 0 Å². The number of fused-ring (bicyclic) bond motifs is 1. The summed E-state index contributed by atoms with van der Waals surface area (Å²) in [6.45, 7) is 1.59. The smallest absolute Gasteiger partial charge is 0.272 e. The van der Waals surface area contributed by atoms with E-state index in [4.69, 9.17) is 21.3 Å². The number of aromatic nitrogens is 3. The molecule has 1 saturated heterocycles. The van der Waals surface area contributed by atoms with E-state index in [9.17, 15) is 9.59 Å². The average Bonchev–Trinajstić information content (AvgIpc) is 3.25. The highest BCUT2D eigenvalue weighted by molar-refractivity contribution is 6.30. The highest BCUT2D eigenvalue weighted by Crippen LogP contribution is 2.29. The second-order valence-electron chi connectivity index (χ2n) is 6.61. The molecule has 140 valence electrons. The van der Waals surface area contributed by atoms with Gasteiger partial charge in [-0.25, -0.2) is 9.50 Å². The molecule has 0 saturated carbocycles. The molecule has 1 amide bonds. The zero-order chi connectivity index (χ0) is 19.0. The van der Waals surface area contributed by atoms with Crippen molar-refractivity contribution in [3.05, 3.63) is 57.6 Å². The van der Waals surface area contributed by atoms with Crippen LogP contribution < -0.4 is 5.56 Å². The fraction of sp³-hybridized carbons (Fsp3) is 0.316. The number of hydrogen-bond donors (Lipinski definition) is 1. The Morgan fingerprint density at radius 2 is 2.07 bits per heavy atom. The van der Waals surface area contributed by atoms with Gasteiger partial charge in [-0.2, -0.15) is 0 Å². The summed E-state index contributed by atoms with van der Waals surface area (Å²) >= 11 is 5.97. The monoisotopic (exact) mass is 386 g/mol. The number of aromatic amines is 1. The third kappa shape index (κ3) is 3.36. The average molecular weight is 387 g/mol. The molecule has 1 aliphatic rings. The van der Waals surface area contributed by atoms with Crippen molar-refractivity contribution in [1.82, 2.24) is 19.5 Å². The van der Waals surface area contributed by atoms with E-state index < -0.39 is 0 Å². The van der Waals surface area contributed by atoms with Crippen LogP contribution in [0.3, 0.4) is 0 Å². The molecule has 1 atom stereocenters. The fourth-order valence-corrected chi connectivity index (χ4v) is 3.56. The van der Waals surface area contributed by atoms with Crippen molar-refractivity contribution in [2.24, 2.45) is 0 Å². The largest absolute Gasteiger partial charge is 0.383 e. The fourth-order valence-electron chi connectivity index (χ4n) is 3.44. The van der Waals surface area contributed by atoms with Crippen LogP contribution >= 0.6 is 11.6 Å². The number of halogens is 1. The lowest BCUT2D eigenvalue weighted by Gasteiger charge is -2.15. The van der Waals surface area contributed by atoms with Crippen LogP contribution in [0, 0.1) is 0 Å². The molecule has 1 N–H and O–H groups in total. The van der Waals surface area contributed by atoms with Crippen LogP contribution in [0.1, 0.15) is 18.0 Å². The second-order valence-corrected chi connectivity index (χ2v) is 7.04. The van der Waals surface area contributed by atoms with E-state index in [0.717, 1.165) is 11.1 Å². The minimum Gasteiger partial charge on any atom is -0.383 e. The molecule has 0 bridgehead atoms. The Balaban J connectivity index is 1.71. The standard InChI is InChI=1S/C19H19ClN4O3/c1-27-7-6-23-11-13(8-17(23)25)16-9-18(26)24-19(22-16)15(10-21-24)12-2-4-14(20)5-3-12/h2-5,9-10,13,21H,6-8,11H2,1H3. The number of rotatable bonds is 5. The van der Waals surface area contributed by atoms with Crippen molar-refractivity contribution >= 4 is 23.2 Å². The molecule has 4 rings (SSSR count). The number of methoxy groups -OCH3 is 1. The van der Waals surface area contributed by atoms with E-state index in [0.29, 0.717) is 42.5 Å². The van der Waals surface area contributed by atoms with Gasteiger partial charge in [0, 0.05) is 55.4 Å². The van der Waals surface area contributed by atoms with Gasteiger partial charge in [0.15, 0.2) is 5.65 Å². The number of H-pyrrole nitrogens is 1. The van der Waals surface area contributed by atoms with Crippen LogP contribution in [0.15, 0.2) is 41.3 Å². The highest BCUT2D eigenvalue weighted by atomic mass is 35.5. The van der Waals surface area contributed by atoms with Crippen LogP contribution in [0.4, 0.5) is 0 Å². The number of likely N-dealkylation sites (tertiary alicyclic amines) is 1. The molecular formula is C19H19ClN4O3. The van der Waals surface area contributed by atoms with Crippen LogP contribution in [0.25, 0.3) is 16.8 Å². The minimum atomic E-state index is -0.196. The number of carbonyl (C=O) groups is 1. The molecule has 1 fully saturated rings. The molecule has 0 radical (unpaired) electrons. The third-order valence-corrected chi connectivity index (χ3v) is 5.12. The summed E-state index contributed by atoms with van der Waals surface area (Å²) in [7, 11) is 1.61. The van der Waals surface area contributed by atoms with E-state index in [-0.39, 0.29) is 17.4 Å². The molecule has 1 aliphatic heterocycles. The first-order valence-corrected chi connectivity index (χ1v) is 9.08. The molecule has 1 unspecified atom stereocenters. The molecular weight excluding hydrogens is 368 g/mol. The van der Waals surface area contributed by atoms with Gasteiger partial charge in [-0.3, -0.25) is 14.7 Å². The predicted molar refractivity (Wildman–Crippen MR) is 102 cm³/mol. The summed E-state index contributed by atoms with van der Waals surface area (Å²) in [5, 5.41) is 3.59. The highest BCUT2D eigenvalue weighted by Gasteiger charge is 2.32. The maximum Gasteiger partial charge on any atom is 0.272 e. The van der Waals surface area contributed by atoms with Gasteiger partial charge in [-0.1, -0.05) is 23.7 Å². The molecule has 3 aromatic rings. The number of carbonyl (C=O) groups excluding carboxylic acids is 1. The Labute approximate surface area is 160 Å². The minimum absolute atomic E-state index is 0.0612. The number of amides is 1. The quantitative estimate of drug-likeness (QED) is 0.729. The number of benzene rings is 1. The molecule has 3 heterocycles. The summed E-state index contributed by atoms with van der Waals surface area (Å²) in [6.07, 6.45) is 2.11. The lowest BCUT2D eigenvalue weighted by Crippen LogP contribution is -2.28. The molecule has 7 nitrogen and oxygen atoms in total. The maximum absolute atomic E-state index is 12.5. The summed E-state index contributed by atoms with van der Waals surface area (Å²) in [4.78, 5) is 31.2. The first-order chi connectivity index (χ1) is 13.1. The maximum atomic E-state index is 12.5. The van der Waals surface area contributed by atoms with Crippen LogP contribution in [-0.4, -0.2) is 52.2 Å². The van der Waals surface area contributed by atoms with Gasteiger partial charge in [0.1, 0.15) is 0 Å². The Hall–Kier alpha value is -2.64. The van der Waals surface area contributed by atoms with Crippen LogP contribution in [0.5, 0.6) is 0 Å². The number of hydrogen-bond acceptors (Lipinski definition) is 4. The summed E-state index contributed by atoms with van der Waals surface area (Å²) < 4.78 is 6.47. The molecule has 27 heavy (non-hydrogen) atoms. The zero-order valence-electron chi connectivity index (χ0n) is 14.8. The van der Waals surface area contributed by atoms with Gasteiger partial charge in [-0.15, -0.1) is 0 Å². The van der Waals surface area contributed by atoms with E-state index in [1.165, 1.54) is 10.6 Å². The Morgan fingerprint density at radius 3 is 2.81 bits per heavy atom. The number of ether oxygens (including phenoxy) is 1. The van der Waals surface area contributed by atoms with Crippen molar-refractivity contribution < 1.29 is 9.53 Å². The van der Waals surface area contributed by atoms with Crippen molar-refractivity contribution in [3.8, 4) is 11.1 Å². The topological polar surface area (TPSA) is 79.7 Å². The summed E-state index contributed by atoms with van der Waals surface area (Å²) in [5.74, 6) is -0.0360. The van der Waals surface area contributed by atoms with Crippen molar-refractivity contribution in [2.75, 3.05) is 26.8 Å². The van der Waals surface area contributed by atoms with E-state index in [2.05, 4.69) is 5.10 Å². The van der Waals surface area contributed by atoms with E-state index in [1.54, 1.807) is 30.3 Å². The number of nitrogens with one attached hydrogen (secondary N) is 1. The molecule has 2 aromatic heterocycles. The predicted octanol–water partition coefficient (Wildman–Crippen LogP) is 2.31. The second kappa shape index (κ2) is 7.17. The zero-order valence-corrected chi connectivity index (χ0v) is 15.6. The molecule has 0 spiro atoms.